The molecule has 3 aromatic rings. The third-order valence-electron chi connectivity index (χ3n) is 7.04. The summed E-state index contributed by atoms with van der Waals surface area (Å²) in [6, 6.07) is 27.3. The minimum absolute atomic E-state index is 0.106. The van der Waals surface area contributed by atoms with Crippen molar-refractivity contribution in [1.82, 2.24) is 0 Å². The number of hydrogen-bond acceptors (Lipinski definition) is 4. The lowest BCUT2D eigenvalue weighted by Gasteiger charge is -2.34. The molecule has 0 amide bonds. The van der Waals surface area contributed by atoms with Crippen molar-refractivity contribution in [2.75, 3.05) is 11.1 Å². The summed E-state index contributed by atoms with van der Waals surface area (Å²) in [4.78, 5) is 4.58. The van der Waals surface area contributed by atoms with Crippen molar-refractivity contribution in [3.8, 4) is 0 Å². The Balaban J connectivity index is 1.64. The van der Waals surface area contributed by atoms with E-state index in [4.69, 9.17) is 0 Å². The van der Waals surface area contributed by atoms with Crippen LogP contribution in [0.5, 0.6) is 0 Å². The molecular formula is C34H46N2OS. The Hall–Kier alpha value is -2.56. The maximum atomic E-state index is 10.9. The molecule has 0 saturated carbocycles. The minimum atomic E-state index is -0.216. The molecule has 0 spiro atoms. The van der Waals surface area contributed by atoms with Crippen LogP contribution in [-0.4, -0.2) is 23.2 Å². The molecule has 0 bridgehead atoms. The van der Waals surface area contributed by atoms with Crippen LogP contribution >= 0.6 is 11.8 Å². The maximum absolute atomic E-state index is 10.9. The molecule has 2 N–H and O–H groups in total. The average Bonchev–Trinajstić information content (AvgIpc) is 2.91. The molecule has 0 saturated heterocycles. The van der Waals surface area contributed by atoms with Crippen molar-refractivity contribution in [2.24, 2.45) is 16.3 Å². The van der Waals surface area contributed by atoms with Crippen LogP contribution in [-0.2, 0) is 12.2 Å². The Kier molecular flexibility index (Phi) is 12.4. The van der Waals surface area contributed by atoms with E-state index in [1.165, 1.54) is 16.8 Å². The van der Waals surface area contributed by atoms with Gasteiger partial charge in [-0.25, -0.2) is 0 Å². The third-order valence-corrected chi connectivity index (χ3v) is 8.08. The predicted octanol–water partition coefficient (Wildman–Crippen LogP) is 9.60. The first-order valence-electron chi connectivity index (χ1n) is 14.1. The van der Waals surface area contributed by atoms with Gasteiger partial charge in [-0.05, 0) is 84.2 Å². The van der Waals surface area contributed by atoms with Gasteiger partial charge >= 0.3 is 0 Å². The Labute approximate surface area is 235 Å². The van der Waals surface area contributed by atoms with E-state index < -0.39 is 0 Å². The van der Waals surface area contributed by atoms with E-state index in [0.717, 1.165) is 61.4 Å². The number of nitrogens with one attached hydrogen (secondary N) is 1. The molecule has 4 heteroatoms. The number of nitrogens with zero attached hydrogens (tertiary/aromatic N) is 1. The number of unbranched alkanes of at least 4 members (excludes halogenated alkanes) is 1. The largest absolute Gasteiger partial charge is 0.393 e. The van der Waals surface area contributed by atoms with E-state index in [0.29, 0.717) is 5.92 Å². The lowest BCUT2D eigenvalue weighted by atomic mass is 9.74. The van der Waals surface area contributed by atoms with Crippen LogP contribution in [0.1, 0.15) is 70.9 Å². The second kappa shape index (κ2) is 15.8. The Morgan fingerprint density at radius 2 is 1.66 bits per heavy atom. The summed E-state index contributed by atoms with van der Waals surface area (Å²) < 4.78 is 0. The zero-order valence-corrected chi connectivity index (χ0v) is 24.5. The lowest BCUT2D eigenvalue weighted by molar-refractivity contribution is 0.0335. The Morgan fingerprint density at radius 3 is 2.34 bits per heavy atom. The number of para-hydroxylation sites is 2. The molecule has 0 aromatic heterocycles. The second-order valence-corrected chi connectivity index (χ2v) is 12.3. The molecule has 0 aliphatic carbocycles. The molecule has 3 rings (SSSR count). The first kappa shape index (κ1) is 30.0. The van der Waals surface area contributed by atoms with Crippen LogP contribution < -0.4 is 5.32 Å². The van der Waals surface area contributed by atoms with Gasteiger partial charge in [-0.2, -0.15) is 11.8 Å². The fourth-order valence-corrected chi connectivity index (χ4v) is 5.87. The quantitative estimate of drug-likeness (QED) is 0.152. The summed E-state index contributed by atoms with van der Waals surface area (Å²) >= 11 is 1.97. The van der Waals surface area contributed by atoms with E-state index >= 15 is 0 Å². The van der Waals surface area contributed by atoms with Gasteiger partial charge in [-0.1, -0.05) is 89.1 Å². The van der Waals surface area contributed by atoms with Crippen molar-refractivity contribution in [1.29, 1.82) is 0 Å². The second-order valence-electron chi connectivity index (χ2n) is 11.2. The number of anilines is 2. The van der Waals surface area contributed by atoms with Crippen LogP contribution in [0.2, 0.25) is 0 Å². The van der Waals surface area contributed by atoms with Crippen LogP contribution in [0.4, 0.5) is 17.1 Å². The van der Waals surface area contributed by atoms with Gasteiger partial charge in [-0.15, -0.1) is 0 Å². The molecule has 2 unspecified atom stereocenters. The molecule has 0 heterocycles. The highest BCUT2D eigenvalue weighted by atomic mass is 32.2. The molecule has 3 nitrogen and oxygen atoms in total. The van der Waals surface area contributed by atoms with Crippen molar-refractivity contribution in [2.45, 2.75) is 78.1 Å². The smallest absolute Gasteiger partial charge is 0.0625 e. The molecule has 0 fully saturated rings. The summed E-state index contributed by atoms with van der Waals surface area (Å²) in [6.07, 6.45) is 7.86. The van der Waals surface area contributed by atoms with Gasteiger partial charge in [0.25, 0.3) is 0 Å². The number of aliphatic hydroxyl groups excluding tert-OH is 1. The molecule has 38 heavy (non-hydrogen) atoms. The molecule has 0 radical (unpaired) electrons. The molecule has 204 valence electrons. The minimum Gasteiger partial charge on any atom is -0.393 e. The van der Waals surface area contributed by atoms with Crippen molar-refractivity contribution < 1.29 is 5.11 Å². The topological polar surface area (TPSA) is 44.6 Å². The number of thioether (sulfide) groups is 1. The number of benzene rings is 3. The zero-order chi connectivity index (χ0) is 27.2. The summed E-state index contributed by atoms with van der Waals surface area (Å²) in [7, 11) is 0. The standard InChI is InChI=1S/C34H46N2OS/c1-5-6-19-33(37)31(34(2,3)4)22-24-38-26-28-25-27(14-13-23-35-29-15-9-7-10-16-29)20-21-32(28)36-30-17-11-8-12-18-30/h7-12,15-18,20-21,23,25,31,33,36-37H,5-6,13-14,19,22,24,26H2,1-4H3. The first-order chi connectivity index (χ1) is 18.4. The predicted molar refractivity (Wildman–Crippen MR) is 168 cm³/mol. The fourth-order valence-electron chi connectivity index (χ4n) is 4.85. The molecule has 0 aliphatic rings. The van der Waals surface area contributed by atoms with Crippen LogP contribution in [0.15, 0.2) is 83.9 Å². The van der Waals surface area contributed by atoms with E-state index in [-0.39, 0.29) is 11.5 Å². The number of rotatable bonds is 15. The van der Waals surface area contributed by atoms with Crippen LogP contribution in [0, 0.1) is 11.3 Å². The van der Waals surface area contributed by atoms with E-state index in [9.17, 15) is 5.11 Å². The SMILES string of the molecule is CCCCC(O)C(CCSCc1cc(CCC=Nc2ccccc2)ccc1Nc1ccccc1)C(C)(C)C. The van der Waals surface area contributed by atoms with E-state index in [1.807, 2.05) is 54.4 Å². The zero-order valence-electron chi connectivity index (χ0n) is 23.7. The first-order valence-corrected chi connectivity index (χ1v) is 15.3. The third kappa shape index (κ3) is 10.3. The molecular weight excluding hydrogens is 484 g/mol. The molecule has 0 aliphatic heterocycles. The summed E-state index contributed by atoms with van der Waals surface area (Å²) in [5.74, 6) is 2.31. The molecule has 2 atom stereocenters. The van der Waals surface area contributed by atoms with Gasteiger partial charge in [0.1, 0.15) is 0 Å². The van der Waals surface area contributed by atoms with E-state index in [1.54, 1.807) is 0 Å². The van der Waals surface area contributed by atoms with Crippen molar-refractivity contribution >= 4 is 35.0 Å². The molecule has 3 aromatic carbocycles. The summed E-state index contributed by atoms with van der Waals surface area (Å²) in [5.41, 5.74) is 6.04. The van der Waals surface area contributed by atoms with Gasteiger partial charge in [-0.3, -0.25) is 4.99 Å². The monoisotopic (exact) mass is 530 g/mol. The fraction of sp³-hybridized carbons (Fsp3) is 0.441. The van der Waals surface area contributed by atoms with Gasteiger partial charge < -0.3 is 10.4 Å². The Morgan fingerprint density at radius 1 is 0.947 bits per heavy atom. The average molecular weight is 531 g/mol. The summed E-state index contributed by atoms with van der Waals surface area (Å²) in [6.45, 7) is 9.00. The van der Waals surface area contributed by atoms with Gasteiger partial charge in [0.15, 0.2) is 0 Å². The van der Waals surface area contributed by atoms with Gasteiger partial charge in [0, 0.05) is 23.3 Å². The van der Waals surface area contributed by atoms with Crippen LogP contribution in [0.25, 0.3) is 0 Å². The highest BCUT2D eigenvalue weighted by Crippen LogP contribution is 2.35. The summed E-state index contributed by atoms with van der Waals surface area (Å²) in [5, 5.41) is 14.5. The number of aliphatic imine (C=N–C) groups is 1. The lowest BCUT2D eigenvalue weighted by Crippen LogP contribution is -2.32. The normalized spacial score (nSPS) is 13.5. The number of aliphatic hydroxyl groups is 1. The van der Waals surface area contributed by atoms with Crippen molar-refractivity contribution in [3.05, 3.63) is 90.0 Å². The van der Waals surface area contributed by atoms with E-state index in [2.05, 4.69) is 80.5 Å². The van der Waals surface area contributed by atoms with Gasteiger partial charge in [0.2, 0.25) is 0 Å². The van der Waals surface area contributed by atoms with Crippen LogP contribution in [0.3, 0.4) is 0 Å². The van der Waals surface area contributed by atoms with Crippen molar-refractivity contribution in [3.63, 3.8) is 0 Å². The number of aryl methyl sites for hydroxylation is 1. The highest BCUT2D eigenvalue weighted by Gasteiger charge is 2.30. The Bertz CT molecular complexity index is 1090. The number of hydrogen-bond donors (Lipinski definition) is 2. The maximum Gasteiger partial charge on any atom is 0.0625 e. The highest BCUT2D eigenvalue weighted by molar-refractivity contribution is 7.98. The van der Waals surface area contributed by atoms with Gasteiger partial charge in [0.05, 0.1) is 11.8 Å².